The number of thiophene rings is 1. The lowest BCUT2D eigenvalue weighted by atomic mass is 10.2. The Bertz CT molecular complexity index is 971. The number of anilines is 2. The highest BCUT2D eigenvalue weighted by Gasteiger charge is 2.12. The van der Waals surface area contributed by atoms with Gasteiger partial charge >= 0.3 is 0 Å². The quantitative estimate of drug-likeness (QED) is 0.636. The van der Waals surface area contributed by atoms with Crippen molar-refractivity contribution in [2.75, 3.05) is 11.1 Å². The lowest BCUT2D eigenvalue weighted by molar-refractivity contribution is -0.115. The maximum Gasteiger partial charge on any atom is 0.228 e. The Morgan fingerprint density at radius 1 is 1.33 bits per heavy atom. The van der Waals surface area contributed by atoms with Crippen molar-refractivity contribution >= 4 is 34.8 Å². The maximum absolute atomic E-state index is 14.4. The summed E-state index contributed by atoms with van der Waals surface area (Å²) in [5.41, 5.74) is 7.71. The topological polar surface area (TPSA) is 77.2 Å². The number of allylic oxidation sites excluding steroid dienone is 1. The standard InChI is InChI=1S/C20H18FN3O2S/c1-2-3-15-17(6-8-23-20(15)22)26-18-5-4-14(11-16(18)21)24-19(25)10-13-7-9-27-12-13/h2-9,11-12H,10H2,1H3,(H2,22,23)(H,24,25)/b3-2-. The number of carbonyl (C=O) groups is 1. The lowest BCUT2D eigenvalue weighted by Crippen LogP contribution is -2.14. The van der Waals surface area contributed by atoms with Crippen LogP contribution >= 0.6 is 11.3 Å². The van der Waals surface area contributed by atoms with Gasteiger partial charge in [0.2, 0.25) is 5.91 Å². The first-order chi connectivity index (χ1) is 13.1. The molecule has 7 heteroatoms. The molecule has 3 rings (SSSR count). The molecule has 2 heterocycles. The smallest absolute Gasteiger partial charge is 0.228 e. The summed E-state index contributed by atoms with van der Waals surface area (Å²) < 4.78 is 20.1. The molecule has 1 amide bonds. The predicted octanol–water partition coefficient (Wildman–Crippen LogP) is 4.87. The molecule has 0 saturated carbocycles. The van der Waals surface area contributed by atoms with Crippen LogP contribution in [0.15, 0.2) is 53.4 Å². The van der Waals surface area contributed by atoms with Crippen LogP contribution in [0.1, 0.15) is 18.1 Å². The molecule has 27 heavy (non-hydrogen) atoms. The van der Waals surface area contributed by atoms with E-state index in [9.17, 15) is 9.18 Å². The monoisotopic (exact) mass is 383 g/mol. The molecule has 0 aliphatic heterocycles. The number of aromatic nitrogens is 1. The molecule has 1 aromatic carbocycles. The molecule has 0 saturated heterocycles. The summed E-state index contributed by atoms with van der Waals surface area (Å²) in [5.74, 6) is -0.0804. The number of halogens is 1. The van der Waals surface area contributed by atoms with E-state index in [4.69, 9.17) is 10.5 Å². The summed E-state index contributed by atoms with van der Waals surface area (Å²) >= 11 is 1.52. The third kappa shape index (κ3) is 4.71. The fourth-order valence-electron chi connectivity index (χ4n) is 2.46. The van der Waals surface area contributed by atoms with E-state index in [1.807, 2.05) is 23.8 Å². The van der Waals surface area contributed by atoms with Gasteiger partial charge in [0, 0.05) is 18.0 Å². The zero-order chi connectivity index (χ0) is 19.2. The van der Waals surface area contributed by atoms with Crippen LogP contribution in [0.2, 0.25) is 0 Å². The highest BCUT2D eigenvalue weighted by molar-refractivity contribution is 7.08. The maximum atomic E-state index is 14.4. The van der Waals surface area contributed by atoms with Gasteiger partial charge in [-0.25, -0.2) is 9.37 Å². The number of hydrogen-bond donors (Lipinski definition) is 2. The number of ether oxygens (including phenoxy) is 1. The van der Waals surface area contributed by atoms with E-state index in [-0.39, 0.29) is 18.1 Å². The predicted molar refractivity (Wildman–Crippen MR) is 106 cm³/mol. The van der Waals surface area contributed by atoms with Gasteiger partial charge in [-0.05, 0) is 47.5 Å². The van der Waals surface area contributed by atoms with Crippen molar-refractivity contribution in [2.24, 2.45) is 0 Å². The number of hydrogen-bond acceptors (Lipinski definition) is 5. The zero-order valence-corrected chi connectivity index (χ0v) is 15.4. The Hall–Kier alpha value is -3.19. The second-order valence-corrected chi connectivity index (χ2v) is 6.49. The highest BCUT2D eigenvalue weighted by atomic mass is 32.1. The van der Waals surface area contributed by atoms with Gasteiger partial charge in [0.1, 0.15) is 11.6 Å². The molecule has 5 nitrogen and oxygen atoms in total. The van der Waals surface area contributed by atoms with Crippen molar-refractivity contribution in [2.45, 2.75) is 13.3 Å². The zero-order valence-electron chi connectivity index (χ0n) is 14.6. The Balaban J connectivity index is 1.74. The first-order valence-corrected chi connectivity index (χ1v) is 9.16. The molecule has 0 atom stereocenters. The first kappa shape index (κ1) is 18.6. The summed E-state index contributed by atoms with van der Waals surface area (Å²) in [7, 11) is 0. The van der Waals surface area contributed by atoms with E-state index in [0.29, 0.717) is 22.8 Å². The van der Waals surface area contributed by atoms with Gasteiger partial charge in [-0.3, -0.25) is 4.79 Å². The van der Waals surface area contributed by atoms with Crippen molar-refractivity contribution in [3.63, 3.8) is 0 Å². The molecule has 0 spiro atoms. The van der Waals surface area contributed by atoms with E-state index in [1.165, 1.54) is 29.7 Å². The Morgan fingerprint density at radius 2 is 2.19 bits per heavy atom. The van der Waals surface area contributed by atoms with Gasteiger partial charge in [-0.2, -0.15) is 11.3 Å². The second-order valence-electron chi connectivity index (χ2n) is 5.71. The number of benzene rings is 1. The lowest BCUT2D eigenvalue weighted by Gasteiger charge is -2.12. The number of rotatable bonds is 6. The summed E-state index contributed by atoms with van der Waals surface area (Å²) in [5, 5.41) is 6.49. The SMILES string of the molecule is C/C=C\c1c(Oc2ccc(NC(=O)Cc3ccsc3)cc2F)ccnc1N. The van der Waals surface area contributed by atoms with E-state index in [0.717, 1.165) is 5.56 Å². The van der Waals surface area contributed by atoms with Gasteiger partial charge in [0.05, 0.1) is 12.0 Å². The van der Waals surface area contributed by atoms with Crippen LogP contribution in [0.5, 0.6) is 11.5 Å². The number of pyridine rings is 1. The normalized spacial score (nSPS) is 10.9. The summed E-state index contributed by atoms with van der Waals surface area (Å²) in [6, 6.07) is 7.77. The highest BCUT2D eigenvalue weighted by Crippen LogP contribution is 2.31. The van der Waals surface area contributed by atoms with Gasteiger partial charge in [-0.1, -0.05) is 12.2 Å². The Labute approximate surface area is 160 Å². The summed E-state index contributed by atoms with van der Waals surface area (Å²) in [6.07, 6.45) is 5.28. The summed E-state index contributed by atoms with van der Waals surface area (Å²) in [4.78, 5) is 16.0. The number of nitrogen functional groups attached to an aromatic ring is 1. The minimum Gasteiger partial charge on any atom is -0.453 e. The number of nitrogens with one attached hydrogen (secondary N) is 1. The van der Waals surface area contributed by atoms with E-state index >= 15 is 0 Å². The van der Waals surface area contributed by atoms with Crippen LogP contribution < -0.4 is 15.8 Å². The number of nitrogens with zero attached hydrogens (tertiary/aromatic N) is 1. The van der Waals surface area contributed by atoms with Crippen LogP contribution in [0.25, 0.3) is 6.08 Å². The fourth-order valence-corrected chi connectivity index (χ4v) is 3.13. The van der Waals surface area contributed by atoms with Gasteiger partial charge < -0.3 is 15.8 Å². The molecule has 0 radical (unpaired) electrons. The van der Waals surface area contributed by atoms with Crippen molar-refractivity contribution in [3.8, 4) is 11.5 Å². The van der Waals surface area contributed by atoms with Gasteiger partial charge in [-0.15, -0.1) is 0 Å². The third-order valence-electron chi connectivity index (χ3n) is 3.69. The van der Waals surface area contributed by atoms with Crippen molar-refractivity contribution in [1.82, 2.24) is 4.98 Å². The largest absolute Gasteiger partial charge is 0.453 e. The van der Waals surface area contributed by atoms with Gasteiger partial charge in [0.15, 0.2) is 11.6 Å². The molecule has 3 N–H and O–H groups in total. The third-order valence-corrected chi connectivity index (χ3v) is 4.43. The van der Waals surface area contributed by atoms with Crippen LogP contribution in [-0.4, -0.2) is 10.9 Å². The molecule has 0 unspecified atom stereocenters. The van der Waals surface area contributed by atoms with E-state index in [1.54, 1.807) is 24.3 Å². The molecule has 0 aliphatic carbocycles. The summed E-state index contributed by atoms with van der Waals surface area (Å²) in [6.45, 7) is 1.84. The number of carbonyl (C=O) groups excluding carboxylic acids is 1. The van der Waals surface area contributed by atoms with Crippen molar-refractivity contribution in [3.05, 3.63) is 70.3 Å². The Kier molecular flexibility index (Phi) is 5.83. The minimum absolute atomic E-state index is 0.0298. The van der Waals surface area contributed by atoms with Crippen LogP contribution in [0.3, 0.4) is 0 Å². The first-order valence-electron chi connectivity index (χ1n) is 8.22. The Morgan fingerprint density at radius 3 is 2.89 bits per heavy atom. The molecule has 138 valence electrons. The fraction of sp³-hybridized carbons (Fsp3) is 0.100. The van der Waals surface area contributed by atoms with Crippen LogP contribution in [0, 0.1) is 5.82 Å². The molecular weight excluding hydrogens is 365 g/mol. The number of nitrogens with two attached hydrogens (primary N) is 1. The molecule has 0 bridgehead atoms. The molecule has 0 fully saturated rings. The van der Waals surface area contributed by atoms with Crippen LogP contribution in [-0.2, 0) is 11.2 Å². The molecule has 2 aromatic heterocycles. The number of amides is 1. The molecule has 0 aliphatic rings. The van der Waals surface area contributed by atoms with E-state index < -0.39 is 5.82 Å². The van der Waals surface area contributed by atoms with Gasteiger partial charge in [0.25, 0.3) is 0 Å². The van der Waals surface area contributed by atoms with Crippen molar-refractivity contribution in [1.29, 1.82) is 0 Å². The second kappa shape index (κ2) is 8.46. The van der Waals surface area contributed by atoms with Crippen molar-refractivity contribution < 1.29 is 13.9 Å². The minimum atomic E-state index is -0.592. The van der Waals surface area contributed by atoms with Crippen LogP contribution in [0.4, 0.5) is 15.9 Å². The molecule has 3 aromatic rings. The average Bonchev–Trinajstić information content (AvgIpc) is 3.13. The molecular formula is C20H18FN3O2S. The average molecular weight is 383 g/mol. The van der Waals surface area contributed by atoms with E-state index in [2.05, 4.69) is 10.3 Å².